The molecule has 148 valence electrons. The molecule has 2 aromatic carbocycles. The first-order chi connectivity index (χ1) is 14.2. The van der Waals surface area contributed by atoms with E-state index in [4.69, 9.17) is 4.74 Å². The van der Waals surface area contributed by atoms with Crippen LogP contribution in [0.15, 0.2) is 54.6 Å². The second-order valence-electron chi connectivity index (χ2n) is 8.10. The lowest BCUT2D eigenvalue weighted by molar-refractivity contribution is -0.125. The number of hydrogen-bond acceptors (Lipinski definition) is 3. The van der Waals surface area contributed by atoms with Crippen LogP contribution in [0.1, 0.15) is 29.7 Å². The number of benzene rings is 2. The predicted octanol–water partition coefficient (Wildman–Crippen LogP) is 4.30. The molecule has 2 atom stereocenters. The zero-order valence-electron chi connectivity index (χ0n) is 16.7. The van der Waals surface area contributed by atoms with Crippen LogP contribution in [-0.2, 0) is 17.6 Å². The number of Topliss-reactive ketones (excluding diaryl/α,β-unsaturated/α-hetero) is 1. The summed E-state index contributed by atoms with van der Waals surface area (Å²) in [7, 11) is 1.69. The molecule has 3 aromatic rings. The molecule has 0 fully saturated rings. The van der Waals surface area contributed by atoms with Crippen molar-refractivity contribution in [3.63, 3.8) is 0 Å². The third-order valence-electron chi connectivity index (χ3n) is 6.42. The lowest BCUT2D eigenvalue weighted by Crippen LogP contribution is -2.43. The number of ether oxygens (including phenoxy) is 1. The molecule has 4 heteroatoms. The van der Waals surface area contributed by atoms with Crippen LogP contribution >= 0.6 is 0 Å². The van der Waals surface area contributed by atoms with Gasteiger partial charge in [0.05, 0.1) is 13.2 Å². The lowest BCUT2D eigenvalue weighted by atomic mass is 9.79. The summed E-state index contributed by atoms with van der Waals surface area (Å²) in [6, 6.07) is 16.5. The molecular weight excluding hydrogens is 360 g/mol. The van der Waals surface area contributed by atoms with E-state index in [2.05, 4.69) is 46.7 Å². The Labute approximate surface area is 171 Å². The van der Waals surface area contributed by atoms with Gasteiger partial charge < -0.3 is 15.0 Å². The van der Waals surface area contributed by atoms with Crippen LogP contribution in [0.3, 0.4) is 0 Å². The van der Waals surface area contributed by atoms with E-state index in [-0.39, 0.29) is 12.0 Å². The van der Waals surface area contributed by atoms with Crippen LogP contribution in [0, 0.1) is 5.92 Å². The van der Waals surface area contributed by atoms with Crippen molar-refractivity contribution in [1.82, 2.24) is 10.3 Å². The van der Waals surface area contributed by atoms with Gasteiger partial charge in [0.1, 0.15) is 5.75 Å². The molecule has 5 rings (SSSR count). The fourth-order valence-corrected chi connectivity index (χ4v) is 4.85. The van der Waals surface area contributed by atoms with Gasteiger partial charge in [-0.1, -0.05) is 36.4 Å². The molecule has 2 unspecified atom stereocenters. The molecule has 2 N–H and O–H groups in total. The summed E-state index contributed by atoms with van der Waals surface area (Å²) in [5.74, 6) is 1.30. The van der Waals surface area contributed by atoms with Crippen LogP contribution in [-0.4, -0.2) is 30.5 Å². The Balaban J connectivity index is 1.35. The smallest absolute Gasteiger partial charge is 0.153 e. The fourth-order valence-electron chi connectivity index (χ4n) is 4.85. The number of carbonyl (C=O) groups is 1. The maximum absolute atomic E-state index is 13.4. The molecule has 4 nitrogen and oxygen atoms in total. The van der Waals surface area contributed by atoms with Crippen molar-refractivity contribution in [3.8, 4) is 5.75 Å². The van der Waals surface area contributed by atoms with Crippen molar-refractivity contribution in [3.05, 3.63) is 71.4 Å². The quantitative estimate of drug-likeness (QED) is 0.703. The molecule has 0 saturated carbocycles. The highest BCUT2D eigenvalue weighted by Crippen LogP contribution is 2.35. The number of aryl methyl sites for hydroxylation is 1. The molecule has 2 heterocycles. The van der Waals surface area contributed by atoms with E-state index in [1.54, 1.807) is 7.11 Å². The standard InChI is InChI=1S/C25H26N2O2/c1-29-19-8-9-20-21-13-18(7-10-22(21)27-23(20)15-19)25(28)24-14-17(11-12-26-24)16-5-3-2-4-6-16/h2-6,8-9,11,15,18,24,26-27H,7,10,12-14H2,1H3. The number of nitrogens with one attached hydrogen (secondary N) is 2. The summed E-state index contributed by atoms with van der Waals surface area (Å²) in [5.41, 5.74) is 6.19. The first kappa shape index (κ1) is 18.2. The second-order valence-corrected chi connectivity index (χ2v) is 8.10. The largest absolute Gasteiger partial charge is 0.497 e. The average Bonchev–Trinajstić information content (AvgIpc) is 3.16. The average molecular weight is 386 g/mol. The highest BCUT2D eigenvalue weighted by molar-refractivity contribution is 5.91. The molecule has 0 saturated heterocycles. The van der Waals surface area contributed by atoms with Gasteiger partial charge in [0.25, 0.3) is 0 Å². The Morgan fingerprint density at radius 1 is 1.10 bits per heavy atom. The van der Waals surface area contributed by atoms with E-state index >= 15 is 0 Å². The topological polar surface area (TPSA) is 54.1 Å². The minimum absolute atomic E-state index is 0.0798. The number of methoxy groups -OCH3 is 1. The Kier molecular flexibility index (Phi) is 4.72. The van der Waals surface area contributed by atoms with Gasteiger partial charge in [-0.05, 0) is 54.5 Å². The molecule has 29 heavy (non-hydrogen) atoms. The van der Waals surface area contributed by atoms with Gasteiger partial charge in [-0.3, -0.25) is 4.79 Å². The van der Waals surface area contributed by atoms with Gasteiger partial charge in [0.15, 0.2) is 5.78 Å². The molecule has 1 aliphatic carbocycles. The number of fused-ring (bicyclic) bond motifs is 3. The maximum Gasteiger partial charge on any atom is 0.153 e. The van der Waals surface area contributed by atoms with E-state index in [1.807, 2.05) is 18.2 Å². The van der Waals surface area contributed by atoms with E-state index in [0.29, 0.717) is 5.78 Å². The van der Waals surface area contributed by atoms with Crippen molar-refractivity contribution in [2.75, 3.05) is 13.7 Å². The van der Waals surface area contributed by atoms with Crippen molar-refractivity contribution in [1.29, 1.82) is 0 Å². The van der Waals surface area contributed by atoms with Gasteiger partial charge in [-0.25, -0.2) is 0 Å². The maximum atomic E-state index is 13.4. The van der Waals surface area contributed by atoms with E-state index < -0.39 is 0 Å². The zero-order valence-corrected chi connectivity index (χ0v) is 16.7. The van der Waals surface area contributed by atoms with Crippen LogP contribution in [0.2, 0.25) is 0 Å². The van der Waals surface area contributed by atoms with Crippen LogP contribution in [0.25, 0.3) is 16.5 Å². The van der Waals surface area contributed by atoms with Crippen molar-refractivity contribution in [2.45, 2.75) is 31.7 Å². The molecule has 1 aromatic heterocycles. The van der Waals surface area contributed by atoms with Crippen LogP contribution in [0.5, 0.6) is 5.75 Å². The first-order valence-electron chi connectivity index (χ1n) is 10.4. The number of H-pyrrole nitrogens is 1. The summed E-state index contributed by atoms with van der Waals surface area (Å²) < 4.78 is 5.35. The Bertz CT molecular complexity index is 1080. The van der Waals surface area contributed by atoms with Gasteiger partial charge >= 0.3 is 0 Å². The molecule has 0 bridgehead atoms. The molecule has 0 spiro atoms. The molecule has 0 amide bonds. The minimum Gasteiger partial charge on any atom is -0.497 e. The number of aromatic amines is 1. The van der Waals surface area contributed by atoms with E-state index in [0.717, 1.165) is 43.5 Å². The highest BCUT2D eigenvalue weighted by Gasteiger charge is 2.33. The van der Waals surface area contributed by atoms with Gasteiger partial charge in [0, 0.05) is 35.1 Å². The van der Waals surface area contributed by atoms with E-state index in [9.17, 15) is 4.79 Å². The van der Waals surface area contributed by atoms with Crippen molar-refractivity contribution in [2.24, 2.45) is 5.92 Å². The summed E-state index contributed by atoms with van der Waals surface area (Å²) >= 11 is 0. The summed E-state index contributed by atoms with van der Waals surface area (Å²) in [6.45, 7) is 0.755. The monoisotopic (exact) mass is 386 g/mol. The highest BCUT2D eigenvalue weighted by atomic mass is 16.5. The lowest BCUT2D eigenvalue weighted by Gasteiger charge is -2.29. The second kappa shape index (κ2) is 7.53. The van der Waals surface area contributed by atoms with E-state index in [1.165, 1.54) is 27.8 Å². The number of hydrogen-bond donors (Lipinski definition) is 2. The summed E-state index contributed by atoms with van der Waals surface area (Å²) in [5, 5.41) is 4.66. The number of rotatable bonds is 4. The number of ketones is 1. The number of aromatic nitrogens is 1. The Morgan fingerprint density at radius 3 is 2.79 bits per heavy atom. The molecule has 2 aliphatic rings. The Hall–Kier alpha value is -2.85. The first-order valence-corrected chi connectivity index (χ1v) is 10.4. The third kappa shape index (κ3) is 3.38. The van der Waals surface area contributed by atoms with Gasteiger partial charge in [-0.2, -0.15) is 0 Å². The van der Waals surface area contributed by atoms with Gasteiger partial charge in [-0.15, -0.1) is 0 Å². The fraction of sp³-hybridized carbons (Fsp3) is 0.320. The van der Waals surface area contributed by atoms with Crippen molar-refractivity contribution >= 4 is 22.3 Å². The number of carbonyl (C=O) groups excluding carboxylic acids is 1. The minimum atomic E-state index is -0.0907. The molecule has 0 radical (unpaired) electrons. The normalized spacial score (nSPS) is 21.5. The molecular formula is C25H26N2O2. The summed E-state index contributed by atoms with van der Waals surface area (Å²) in [4.78, 5) is 16.9. The summed E-state index contributed by atoms with van der Waals surface area (Å²) in [6.07, 6.45) is 5.65. The van der Waals surface area contributed by atoms with Crippen molar-refractivity contribution < 1.29 is 9.53 Å². The van der Waals surface area contributed by atoms with Crippen LogP contribution in [0.4, 0.5) is 0 Å². The zero-order chi connectivity index (χ0) is 19.8. The molecule has 1 aliphatic heterocycles. The third-order valence-corrected chi connectivity index (χ3v) is 6.42. The predicted molar refractivity (Wildman–Crippen MR) is 116 cm³/mol. The SMILES string of the molecule is COc1ccc2c3c([nH]c2c1)CCC(C(=O)C1CC(c2ccccc2)=CCN1)C3. The Morgan fingerprint density at radius 2 is 1.97 bits per heavy atom. The van der Waals surface area contributed by atoms with Gasteiger partial charge in [0.2, 0.25) is 0 Å². The van der Waals surface area contributed by atoms with Crippen LogP contribution < -0.4 is 10.1 Å².